The van der Waals surface area contributed by atoms with E-state index in [0.29, 0.717) is 30.4 Å². The summed E-state index contributed by atoms with van der Waals surface area (Å²) in [6.45, 7) is 7.48. The van der Waals surface area contributed by atoms with Gasteiger partial charge in [-0.25, -0.2) is 0 Å². The molecule has 1 saturated heterocycles. The molecule has 1 aromatic rings. The fourth-order valence-electron chi connectivity index (χ4n) is 3.70. The first-order valence-corrected chi connectivity index (χ1v) is 11.2. The van der Waals surface area contributed by atoms with E-state index in [1.165, 1.54) is 6.07 Å². The van der Waals surface area contributed by atoms with E-state index in [-0.39, 0.29) is 11.6 Å². The van der Waals surface area contributed by atoms with Crippen molar-refractivity contribution < 1.29 is 14.5 Å². The summed E-state index contributed by atoms with van der Waals surface area (Å²) in [6, 6.07) is 5.14. The SMILES string of the molecule is CCCCCCN(CCN1CCOCC1)C(=O)c1ccc(NC2CC2)c([N+](=O)[O-])c1. The van der Waals surface area contributed by atoms with E-state index in [9.17, 15) is 14.9 Å². The number of hydrogen-bond acceptors (Lipinski definition) is 6. The molecule has 8 nitrogen and oxygen atoms in total. The summed E-state index contributed by atoms with van der Waals surface area (Å²) in [5.74, 6) is -0.124. The van der Waals surface area contributed by atoms with Crippen LogP contribution in [0.15, 0.2) is 18.2 Å². The number of hydrogen-bond donors (Lipinski definition) is 1. The summed E-state index contributed by atoms with van der Waals surface area (Å²) >= 11 is 0. The van der Waals surface area contributed by atoms with Crippen molar-refractivity contribution in [2.24, 2.45) is 0 Å². The van der Waals surface area contributed by atoms with Crippen molar-refractivity contribution in [1.29, 1.82) is 0 Å². The molecule has 30 heavy (non-hydrogen) atoms. The monoisotopic (exact) mass is 418 g/mol. The summed E-state index contributed by atoms with van der Waals surface area (Å²) < 4.78 is 5.40. The van der Waals surface area contributed by atoms with Crippen molar-refractivity contribution in [2.75, 3.05) is 51.3 Å². The highest BCUT2D eigenvalue weighted by atomic mass is 16.6. The van der Waals surface area contributed by atoms with Crippen LogP contribution in [0.4, 0.5) is 11.4 Å². The van der Waals surface area contributed by atoms with E-state index in [2.05, 4.69) is 17.1 Å². The summed E-state index contributed by atoms with van der Waals surface area (Å²) in [7, 11) is 0. The van der Waals surface area contributed by atoms with Crippen LogP contribution in [-0.4, -0.2) is 72.6 Å². The van der Waals surface area contributed by atoms with Crippen LogP contribution in [0.2, 0.25) is 0 Å². The van der Waals surface area contributed by atoms with Gasteiger partial charge in [0.2, 0.25) is 0 Å². The lowest BCUT2D eigenvalue weighted by Crippen LogP contribution is -2.43. The topological polar surface area (TPSA) is 88.0 Å². The number of ether oxygens (including phenoxy) is 1. The fraction of sp³-hybridized carbons (Fsp3) is 0.682. The Morgan fingerprint density at radius 3 is 2.67 bits per heavy atom. The third-order valence-corrected chi connectivity index (χ3v) is 5.74. The molecule has 1 aliphatic carbocycles. The van der Waals surface area contributed by atoms with Gasteiger partial charge in [0, 0.05) is 50.4 Å². The number of anilines is 1. The molecule has 0 spiro atoms. The number of nitro groups is 1. The third-order valence-electron chi connectivity index (χ3n) is 5.74. The van der Waals surface area contributed by atoms with E-state index in [4.69, 9.17) is 4.74 Å². The molecule has 2 fully saturated rings. The normalized spacial score (nSPS) is 17.0. The van der Waals surface area contributed by atoms with Gasteiger partial charge < -0.3 is 15.0 Å². The van der Waals surface area contributed by atoms with Crippen LogP contribution in [-0.2, 0) is 4.74 Å². The standard InChI is InChI=1S/C22H34N4O4/c1-2-3-4-5-10-25(12-11-24-13-15-30-16-14-24)22(27)18-6-9-20(23-19-7-8-19)21(17-18)26(28)29/h6,9,17,19,23H,2-5,7-8,10-16H2,1H3. The molecular formula is C22H34N4O4. The van der Waals surface area contributed by atoms with E-state index < -0.39 is 4.92 Å². The highest BCUT2D eigenvalue weighted by Gasteiger charge is 2.26. The summed E-state index contributed by atoms with van der Waals surface area (Å²) in [5, 5.41) is 14.8. The number of nitro benzene ring substituents is 1. The zero-order valence-corrected chi connectivity index (χ0v) is 18.0. The van der Waals surface area contributed by atoms with Crippen molar-refractivity contribution in [3.05, 3.63) is 33.9 Å². The van der Waals surface area contributed by atoms with E-state index in [1.807, 2.05) is 4.90 Å². The van der Waals surface area contributed by atoms with E-state index in [0.717, 1.165) is 71.4 Å². The number of benzene rings is 1. The average Bonchev–Trinajstić information content (AvgIpc) is 3.57. The van der Waals surface area contributed by atoms with Gasteiger partial charge in [-0.15, -0.1) is 0 Å². The predicted molar refractivity (Wildman–Crippen MR) is 117 cm³/mol. The van der Waals surface area contributed by atoms with Gasteiger partial charge in [-0.2, -0.15) is 0 Å². The number of nitrogens with zero attached hydrogens (tertiary/aromatic N) is 3. The Morgan fingerprint density at radius 2 is 2.00 bits per heavy atom. The lowest BCUT2D eigenvalue weighted by molar-refractivity contribution is -0.384. The Bertz CT molecular complexity index is 717. The van der Waals surface area contributed by atoms with Gasteiger partial charge in [0.15, 0.2) is 0 Å². The van der Waals surface area contributed by atoms with E-state index >= 15 is 0 Å². The molecule has 1 saturated carbocycles. The van der Waals surface area contributed by atoms with Crippen LogP contribution in [0.1, 0.15) is 55.8 Å². The molecule has 0 bridgehead atoms. The second-order valence-corrected chi connectivity index (χ2v) is 8.21. The van der Waals surface area contributed by atoms with E-state index in [1.54, 1.807) is 12.1 Å². The fourth-order valence-corrected chi connectivity index (χ4v) is 3.70. The predicted octanol–water partition coefficient (Wildman–Crippen LogP) is 3.52. The zero-order valence-electron chi connectivity index (χ0n) is 18.0. The Hall–Kier alpha value is -2.19. The molecule has 0 aromatic heterocycles. The third kappa shape index (κ3) is 6.67. The Kier molecular flexibility index (Phi) is 8.45. The maximum Gasteiger partial charge on any atom is 0.293 e. The Balaban J connectivity index is 1.69. The number of unbranched alkanes of at least 4 members (excludes halogenated alkanes) is 3. The average molecular weight is 419 g/mol. The van der Waals surface area contributed by atoms with Gasteiger partial charge in [0.25, 0.3) is 11.6 Å². The molecule has 8 heteroatoms. The molecule has 1 aliphatic heterocycles. The molecule has 1 aromatic carbocycles. The smallest absolute Gasteiger partial charge is 0.293 e. The van der Waals surface area contributed by atoms with Crippen LogP contribution < -0.4 is 5.32 Å². The Labute approximate surface area is 178 Å². The van der Waals surface area contributed by atoms with Crippen LogP contribution in [0, 0.1) is 10.1 Å². The van der Waals surface area contributed by atoms with Crippen molar-refractivity contribution in [1.82, 2.24) is 9.80 Å². The lowest BCUT2D eigenvalue weighted by atomic mass is 10.1. The van der Waals surface area contributed by atoms with Crippen LogP contribution in [0.3, 0.4) is 0 Å². The number of morpholine rings is 1. The second kappa shape index (κ2) is 11.3. The van der Waals surface area contributed by atoms with Gasteiger partial charge in [-0.1, -0.05) is 26.2 Å². The van der Waals surface area contributed by atoms with Crippen molar-refractivity contribution in [3.8, 4) is 0 Å². The highest BCUT2D eigenvalue weighted by Crippen LogP contribution is 2.31. The molecule has 1 amide bonds. The number of nitrogens with one attached hydrogen (secondary N) is 1. The summed E-state index contributed by atoms with van der Waals surface area (Å²) in [6.07, 6.45) is 6.39. The zero-order chi connectivity index (χ0) is 21.3. The van der Waals surface area contributed by atoms with Crippen LogP contribution >= 0.6 is 0 Å². The number of rotatable bonds is 12. The van der Waals surface area contributed by atoms with Crippen LogP contribution in [0.25, 0.3) is 0 Å². The van der Waals surface area contributed by atoms with Crippen LogP contribution in [0.5, 0.6) is 0 Å². The van der Waals surface area contributed by atoms with Crippen molar-refractivity contribution in [3.63, 3.8) is 0 Å². The molecule has 3 rings (SSSR count). The summed E-state index contributed by atoms with van der Waals surface area (Å²) in [5.41, 5.74) is 0.870. The molecule has 0 radical (unpaired) electrons. The minimum absolute atomic E-state index is 0.0214. The number of carbonyl (C=O) groups excluding carboxylic acids is 1. The minimum Gasteiger partial charge on any atom is -0.379 e. The largest absolute Gasteiger partial charge is 0.379 e. The molecule has 0 atom stereocenters. The first-order valence-electron chi connectivity index (χ1n) is 11.2. The molecule has 1 heterocycles. The lowest BCUT2D eigenvalue weighted by Gasteiger charge is -2.30. The number of carbonyl (C=O) groups is 1. The highest BCUT2D eigenvalue weighted by molar-refractivity contribution is 5.95. The first-order chi connectivity index (χ1) is 14.6. The molecule has 2 aliphatic rings. The van der Waals surface area contributed by atoms with Gasteiger partial charge in [0.1, 0.15) is 5.69 Å². The van der Waals surface area contributed by atoms with Gasteiger partial charge in [-0.3, -0.25) is 19.8 Å². The minimum atomic E-state index is -0.402. The molecule has 1 N–H and O–H groups in total. The quantitative estimate of drug-likeness (QED) is 0.317. The number of amides is 1. The Morgan fingerprint density at radius 1 is 1.23 bits per heavy atom. The van der Waals surface area contributed by atoms with Gasteiger partial charge in [0.05, 0.1) is 18.1 Å². The van der Waals surface area contributed by atoms with Gasteiger partial charge >= 0.3 is 0 Å². The molecule has 166 valence electrons. The van der Waals surface area contributed by atoms with Crippen molar-refractivity contribution >= 4 is 17.3 Å². The second-order valence-electron chi connectivity index (χ2n) is 8.21. The summed E-state index contributed by atoms with van der Waals surface area (Å²) in [4.78, 5) is 28.6. The molecular weight excluding hydrogens is 384 g/mol. The maximum absolute atomic E-state index is 13.2. The van der Waals surface area contributed by atoms with Gasteiger partial charge in [-0.05, 0) is 31.4 Å². The molecule has 0 unspecified atom stereocenters. The maximum atomic E-state index is 13.2. The van der Waals surface area contributed by atoms with Crippen molar-refractivity contribution in [2.45, 2.75) is 51.5 Å². The first kappa shape index (κ1) is 22.5.